The lowest BCUT2D eigenvalue weighted by Gasteiger charge is -2.18. The Kier molecular flexibility index (Phi) is 6.12. The fourth-order valence-corrected chi connectivity index (χ4v) is 3.94. The Balaban J connectivity index is 2.07. The maximum absolute atomic E-state index is 13.1. The third kappa shape index (κ3) is 3.93. The molecule has 0 bridgehead atoms. The molecule has 3 rings (SSSR count). The summed E-state index contributed by atoms with van der Waals surface area (Å²) in [4.78, 5) is 28.2. The van der Waals surface area contributed by atoms with Gasteiger partial charge in [-0.2, -0.15) is 0 Å². The first-order chi connectivity index (χ1) is 13.9. The van der Waals surface area contributed by atoms with E-state index in [1.165, 1.54) is 37.6 Å². The average molecular weight is 416 g/mol. The van der Waals surface area contributed by atoms with Crippen LogP contribution in [0.5, 0.6) is 17.2 Å². The Morgan fingerprint density at radius 1 is 1.03 bits per heavy atom. The number of ether oxygens (including phenoxy) is 3. The van der Waals surface area contributed by atoms with Crippen molar-refractivity contribution < 1.29 is 23.8 Å². The van der Waals surface area contributed by atoms with E-state index >= 15 is 0 Å². The maximum Gasteiger partial charge on any atom is 0.278 e. The number of hydrogen-bond acceptors (Lipinski definition) is 7. The van der Waals surface area contributed by atoms with E-state index in [0.717, 1.165) is 4.88 Å². The van der Waals surface area contributed by atoms with Crippen molar-refractivity contribution in [3.8, 4) is 17.2 Å². The van der Waals surface area contributed by atoms with Gasteiger partial charge in [-0.3, -0.25) is 14.5 Å². The number of rotatable bonds is 8. The van der Waals surface area contributed by atoms with Crippen molar-refractivity contribution in [1.29, 1.82) is 0 Å². The first kappa shape index (κ1) is 20.7. The zero-order valence-electron chi connectivity index (χ0n) is 17.1. The number of thiophene rings is 1. The molecule has 8 heteroatoms. The van der Waals surface area contributed by atoms with E-state index in [1.54, 1.807) is 12.1 Å². The van der Waals surface area contributed by atoms with Crippen LogP contribution in [0, 0.1) is 5.92 Å². The molecule has 0 aliphatic carbocycles. The number of amides is 2. The number of methoxy groups -OCH3 is 3. The first-order valence-electron chi connectivity index (χ1n) is 9.12. The Bertz CT molecular complexity index is 925. The highest BCUT2D eigenvalue weighted by atomic mass is 32.1. The van der Waals surface area contributed by atoms with Crippen molar-refractivity contribution in [2.45, 2.75) is 13.8 Å². The Morgan fingerprint density at radius 2 is 1.69 bits per heavy atom. The van der Waals surface area contributed by atoms with Gasteiger partial charge in [0.25, 0.3) is 11.8 Å². The molecule has 1 N–H and O–H groups in total. The Labute approximate surface area is 173 Å². The number of nitrogens with one attached hydrogen (secondary N) is 1. The second-order valence-electron chi connectivity index (χ2n) is 6.88. The van der Waals surface area contributed by atoms with Gasteiger partial charge in [0, 0.05) is 29.2 Å². The number of imide groups is 1. The minimum atomic E-state index is -0.346. The number of anilines is 1. The highest BCUT2D eigenvalue weighted by molar-refractivity contribution is 7.11. The molecule has 154 valence electrons. The third-order valence-electron chi connectivity index (χ3n) is 4.42. The van der Waals surface area contributed by atoms with Gasteiger partial charge >= 0.3 is 0 Å². The van der Waals surface area contributed by atoms with Crippen LogP contribution in [0.2, 0.25) is 0 Å². The molecule has 1 aromatic carbocycles. The molecule has 2 amide bonds. The first-order valence-corrected chi connectivity index (χ1v) is 10.0. The predicted molar refractivity (Wildman–Crippen MR) is 113 cm³/mol. The molecular formula is C21H24N2O5S. The summed E-state index contributed by atoms with van der Waals surface area (Å²) in [5.74, 6) is 0.866. The second-order valence-corrected chi connectivity index (χ2v) is 7.83. The molecule has 2 aromatic rings. The molecule has 0 unspecified atom stereocenters. The van der Waals surface area contributed by atoms with Gasteiger partial charge < -0.3 is 19.5 Å². The van der Waals surface area contributed by atoms with E-state index in [0.29, 0.717) is 35.1 Å². The molecule has 29 heavy (non-hydrogen) atoms. The van der Waals surface area contributed by atoms with Crippen molar-refractivity contribution in [1.82, 2.24) is 4.90 Å². The highest BCUT2D eigenvalue weighted by Gasteiger charge is 2.39. The van der Waals surface area contributed by atoms with Gasteiger partial charge in [0.2, 0.25) is 5.75 Å². The van der Waals surface area contributed by atoms with Crippen LogP contribution in [0.1, 0.15) is 18.7 Å². The van der Waals surface area contributed by atoms with Crippen LogP contribution in [-0.2, 0) is 9.59 Å². The van der Waals surface area contributed by atoms with Crippen LogP contribution in [0.3, 0.4) is 0 Å². The van der Waals surface area contributed by atoms with Crippen LogP contribution < -0.4 is 19.5 Å². The molecule has 2 heterocycles. The van der Waals surface area contributed by atoms with Gasteiger partial charge in [0.05, 0.1) is 26.9 Å². The van der Waals surface area contributed by atoms with Gasteiger partial charge in [-0.05, 0) is 17.4 Å². The van der Waals surface area contributed by atoms with Crippen LogP contribution in [-0.4, -0.2) is 44.6 Å². The van der Waals surface area contributed by atoms with Crippen molar-refractivity contribution in [2.24, 2.45) is 5.92 Å². The van der Waals surface area contributed by atoms with Crippen LogP contribution in [0.4, 0.5) is 5.69 Å². The summed E-state index contributed by atoms with van der Waals surface area (Å²) in [6.45, 7) is 4.29. The van der Waals surface area contributed by atoms with E-state index in [9.17, 15) is 9.59 Å². The van der Waals surface area contributed by atoms with Gasteiger partial charge in [-0.1, -0.05) is 19.9 Å². The topological polar surface area (TPSA) is 77.1 Å². The fourth-order valence-electron chi connectivity index (χ4n) is 3.17. The molecule has 0 saturated heterocycles. The van der Waals surface area contributed by atoms with E-state index in [4.69, 9.17) is 14.2 Å². The van der Waals surface area contributed by atoms with Crippen molar-refractivity contribution in [3.63, 3.8) is 0 Å². The van der Waals surface area contributed by atoms with Crippen molar-refractivity contribution in [2.75, 3.05) is 33.2 Å². The lowest BCUT2D eigenvalue weighted by Crippen LogP contribution is -2.35. The third-order valence-corrected chi connectivity index (χ3v) is 5.30. The van der Waals surface area contributed by atoms with E-state index in [2.05, 4.69) is 5.32 Å². The lowest BCUT2D eigenvalue weighted by molar-refractivity contribution is -0.137. The summed E-state index contributed by atoms with van der Waals surface area (Å²) in [7, 11) is 4.56. The van der Waals surface area contributed by atoms with E-state index < -0.39 is 0 Å². The summed E-state index contributed by atoms with van der Waals surface area (Å²) in [6, 6.07) is 7.08. The number of hydrogen-bond donors (Lipinski definition) is 1. The average Bonchev–Trinajstić information content (AvgIpc) is 3.30. The SMILES string of the molecule is COc1cc(NC2=C(c3cccs3)C(=O)N(CC(C)C)C2=O)cc(OC)c1OC. The maximum atomic E-state index is 13.1. The highest BCUT2D eigenvalue weighted by Crippen LogP contribution is 2.41. The Hall–Kier alpha value is -3.00. The molecule has 0 saturated carbocycles. The lowest BCUT2D eigenvalue weighted by atomic mass is 10.1. The van der Waals surface area contributed by atoms with Gasteiger partial charge in [0.15, 0.2) is 11.5 Å². The molecular weight excluding hydrogens is 392 g/mol. The summed E-state index contributed by atoms with van der Waals surface area (Å²) in [6.07, 6.45) is 0. The zero-order valence-corrected chi connectivity index (χ0v) is 17.9. The van der Waals surface area contributed by atoms with Crippen LogP contribution >= 0.6 is 11.3 Å². The zero-order chi connectivity index (χ0) is 21.1. The smallest absolute Gasteiger partial charge is 0.278 e. The predicted octanol–water partition coefficient (Wildman–Crippen LogP) is 3.62. The van der Waals surface area contributed by atoms with E-state index in [-0.39, 0.29) is 23.4 Å². The number of benzene rings is 1. The van der Waals surface area contributed by atoms with Gasteiger partial charge in [-0.25, -0.2) is 0 Å². The van der Waals surface area contributed by atoms with Gasteiger partial charge in [-0.15, -0.1) is 11.3 Å². The standard InChI is InChI=1S/C21H24N2O5S/c1-12(2)11-23-20(24)17(16-7-6-8-29-16)18(21(23)25)22-13-9-14(26-3)19(28-5)15(10-13)27-4/h6-10,12,22H,11H2,1-5H3. The molecule has 0 atom stereocenters. The summed E-state index contributed by atoms with van der Waals surface area (Å²) < 4.78 is 16.1. The summed E-state index contributed by atoms with van der Waals surface area (Å²) in [5.41, 5.74) is 1.17. The molecule has 1 aliphatic rings. The summed E-state index contributed by atoms with van der Waals surface area (Å²) >= 11 is 1.42. The summed E-state index contributed by atoms with van der Waals surface area (Å²) in [5, 5.41) is 5.00. The second kappa shape index (κ2) is 8.57. The van der Waals surface area contributed by atoms with Crippen LogP contribution in [0.25, 0.3) is 5.57 Å². The fraction of sp³-hybridized carbons (Fsp3) is 0.333. The molecule has 7 nitrogen and oxygen atoms in total. The molecule has 1 aliphatic heterocycles. The monoisotopic (exact) mass is 416 g/mol. The van der Waals surface area contributed by atoms with Gasteiger partial charge in [0.1, 0.15) is 5.70 Å². The molecule has 0 radical (unpaired) electrons. The van der Waals surface area contributed by atoms with Crippen LogP contribution in [0.15, 0.2) is 35.3 Å². The number of nitrogens with zero attached hydrogens (tertiary/aromatic N) is 1. The molecule has 1 aromatic heterocycles. The Morgan fingerprint density at radius 3 is 2.17 bits per heavy atom. The number of carbonyl (C=O) groups excluding carboxylic acids is 2. The molecule has 0 spiro atoms. The normalized spacial score (nSPS) is 14.1. The quantitative estimate of drug-likeness (QED) is 0.663. The van der Waals surface area contributed by atoms with Crippen molar-refractivity contribution in [3.05, 3.63) is 40.2 Å². The minimum Gasteiger partial charge on any atom is -0.493 e. The van der Waals surface area contributed by atoms with Crippen molar-refractivity contribution >= 4 is 34.4 Å². The number of carbonyl (C=O) groups is 2. The van der Waals surface area contributed by atoms with E-state index in [1.807, 2.05) is 31.4 Å². The minimum absolute atomic E-state index is 0.160. The molecule has 0 fully saturated rings. The largest absolute Gasteiger partial charge is 0.493 e.